The Kier molecular flexibility index (Phi) is 3.08. The van der Waals surface area contributed by atoms with Crippen LogP contribution in [-0.4, -0.2) is 9.97 Å². The Morgan fingerprint density at radius 1 is 1.13 bits per heavy atom. The van der Waals surface area contributed by atoms with Crippen LogP contribution in [0.4, 0.5) is 0 Å². The van der Waals surface area contributed by atoms with Crippen molar-refractivity contribution < 1.29 is 0 Å². The van der Waals surface area contributed by atoms with Crippen LogP contribution in [0, 0.1) is 0 Å². The smallest absolute Gasteiger partial charge is 0.0889 e. The van der Waals surface area contributed by atoms with Gasteiger partial charge in [-0.25, -0.2) is 4.98 Å². The van der Waals surface area contributed by atoms with E-state index in [4.69, 9.17) is 5.73 Å². The van der Waals surface area contributed by atoms with E-state index in [1.54, 1.807) is 12.4 Å². The van der Waals surface area contributed by atoms with Gasteiger partial charge in [-0.1, -0.05) is 28.1 Å². The van der Waals surface area contributed by atoms with Crippen molar-refractivity contribution in [1.82, 2.24) is 9.97 Å². The minimum atomic E-state index is 0.414. The van der Waals surface area contributed by atoms with E-state index in [9.17, 15) is 0 Å². The van der Waals surface area contributed by atoms with Gasteiger partial charge in [-0.05, 0) is 12.1 Å². The number of halogens is 1. The molecule has 0 aliphatic heterocycles. The number of hydrogen-bond acceptors (Lipinski definition) is 3. The quantitative estimate of drug-likeness (QED) is 0.905. The van der Waals surface area contributed by atoms with E-state index in [-0.39, 0.29) is 0 Å². The highest BCUT2D eigenvalue weighted by molar-refractivity contribution is 9.10. The van der Waals surface area contributed by atoms with Crippen molar-refractivity contribution >= 4 is 15.9 Å². The third kappa shape index (κ3) is 2.40. The van der Waals surface area contributed by atoms with Crippen molar-refractivity contribution in [3.05, 3.63) is 46.8 Å². The van der Waals surface area contributed by atoms with E-state index < -0.39 is 0 Å². The van der Waals surface area contributed by atoms with E-state index in [0.717, 1.165) is 21.4 Å². The summed E-state index contributed by atoms with van der Waals surface area (Å²) >= 11 is 3.39. The van der Waals surface area contributed by atoms with E-state index in [1.165, 1.54) is 0 Å². The SMILES string of the molecule is NCc1cncc(-c2ccc(Br)cc2)n1. The molecule has 0 amide bonds. The second-order valence-corrected chi connectivity index (χ2v) is 4.02. The Labute approximate surface area is 96.5 Å². The van der Waals surface area contributed by atoms with E-state index in [1.807, 2.05) is 24.3 Å². The molecule has 3 nitrogen and oxygen atoms in total. The summed E-state index contributed by atoms with van der Waals surface area (Å²) in [5, 5.41) is 0. The van der Waals surface area contributed by atoms with Gasteiger partial charge in [0.15, 0.2) is 0 Å². The molecule has 0 atom stereocenters. The Balaban J connectivity index is 2.40. The van der Waals surface area contributed by atoms with Gasteiger partial charge < -0.3 is 5.73 Å². The minimum absolute atomic E-state index is 0.414. The average Bonchev–Trinajstić information content (AvgIpc) is 2.30. The van der Waals surface area contributed by atoms with Crippen LogP contribution in [0.1, 0.15) is 5.69 Å². The molecule has 1 heterocycles. The molecule has 15 heavy (non-hydrogen) atoms. The van der Waals surface area contributed by atoms with Crippen LogP contribution < -0.4 is 5.73 Å². The largest absolute Gasteiger partial charge is 0.325 e. The first kappa shape index (κ1) is 10.3. The van der Waals surface area contributed by atoms with Crippen LogP contribution in [0.2, 0.25) is 0 Å². The van der Waals surface area contributed by atoms with Crippen molar-refractivity contribution in [2.75, 3.05) is 0 Å². The van der Waals surface area contributed by atoms with E-state index in [2.05, 4.69) is 25.9 Å². The third-order valence-corrected chi connectivity index (χ3v) is 2.56. The molecule has 2 N–H and O–H groups in total. The number of rotatable bonds is 2. The first-order valence-electron chi connectivity index (χ1n) is 4.56. The zero-order chi connectivity index (χ0) is 10.7. The molecule has 0 saturated heterocycles. The topological polar surface area (TPSA) is 51.8 Å². The third-order valence-electron chi connectivity index (χ3n) is 2.03. The summed E-state index contributed by atoms with van der Waals surface area (Å²) in [4.78, 5) is 8.49. The first-order valence-corrected chi connectivity index (χ1v) is 5.36. The molecular formula is C11H10BrN3. The molecule has 0 spiro atoms. The molecule has 0 aliphatic carbocycles. The number of nitrogens with two attached hydrogens (primary N) is 1. The summed E-state index contributed by atoms with van der Waals surface area (Å²) in [6.07, 6.45) is 3.42. The maximum Gasteiger partial charge on any atom is 0.0889 e. The molecular weight excluding hydrogens is 254 g/mol. The zero-order valence-electron chi connectivity index (χ0n) is 8.02. The predicted molar refractivity (Wildman–Crippen MR) is 63.1 cm³/mol. The van der Waals surface area contributed by atoms with Gasteiger partial charge in [0.1, 0.15) is 0 Å². The number of aromatic nitrogens is 2. The lowest BCUT2D eigenvalue weighted by Gasteiger charge is -2.02. The lowest BCUT2D eigenvalue weighted by molar-refractivity contribution is 0.967. The first-order chi connectivity index (χ1) is 7.29. The van der Waals surface area contributed by atoms with Gasteiger partial charge in [-0.2, -0.15) is 0 Å². The standard InChI is InChI=1S/C11H10BrN3/c12-9-3-1-8(2-4-9)11-7-14-6-10(5-13)15-11/h1-4,6-7H,5,13H2. The van der Waals surface area contributed by atoms with E-state index in [0.29, 0.717) is 6.54 Å². The van der Waals surface area contributed by atoms with Gasteiger partial charge in [0.2, 0.25) is 0 Å². The maximum atomic E-state index is 5.51. The Bertz CT molecular complexity index is 454. The molecule has 0 aliphatic rings. The normalized spacial score (nSPS) is 10.3. The Morgan fingerprint density at radius 2 is 1.87 bits per heavy atom. The predicted octanol–water partition coefficient (Wildman–Crippen LogP) is 2.36. The molecule has 0 radical (unpaired) electrons. The van der Waals surface area contributed by atoms with Gasteiger partial charge in [0.05, 0.1) is 17.6 Å². The molecule has 0 unspecified atom stereocenters. The van der Waals surface area contributed by atoms with Crippen LogP contribution in [0.25, 0.3) is 11.3 Å². The average molecular weight is 264 g/mol. The van der Waals surface area contributed by atoms with E-state index >= 15 is 0 Å². The summed E-state index contributed by atoms with van der Waals surface area (Å²) in [6, 6.07) is 7.95. The zero-order valence-corrected chi connectivity index (χ0v) is 9.61. The van der Waals surface area contributed by atoms with Crippen molar-refractivity contribution in [1.29, 1.82) is 0 Å². The van der Waals surface area contributed by atoms with Gasteiger partial charge in [0, 0.05) is 22.8 Å². The van der Waals surface area contributed by atoms with Crippen LogP contribution in [-0.2, 0) is 6.54 Å². The minimum Gasteiger partial charge on any atom is -0.325 e. The molecule has 4 heteroatoms. The molecule has 2 rings (SSSR count). The Morgan fingerprint density at radius 3 is 2.53 bits per heavy atom. The van der Waals surface area contributed by atoms with Gasteiger partial charge >= 0.3 is 0 Å². The number of benzene rings is 1. The fraction of sp³-hybridized carbons (Fsp3) is 0.0909. The molecule has 0 saturated carbocycles. The van der Waals surface area contributed by atoms with Gasteiger partial charge in [0.25, 0.3) is 0 Å². The number of hydrogen-bond donors (Lipinski definition) is 1. The number of nitrogens with zero attached hydrogens (tertiary/aromatic N) is 2. The second kappa shape index (κ2) is 4.51. The van der Waals surface area contributed by atoms with Gasteiger partial charge in [-0.15, -0.1) is 0 Å². The summed E-state index contributed by atoms with van der Waals surface area (Å²) < 4.78 is 1.05. The van der Waals surface area contributed by atoms with Crippen molar-refractivity contribution in [3.8, 4) is 11.3 Å². The highest BCUT2D eigenvalue weighted by Crippen LogP contribution is 2.19. The van der Waals surface area contributed by atoms with Gasteiger partial charge in [-0.3, -0.25) is 4.98 Å². The summed E-state index contributed by atoms with van der Waals surface area (Å²) in [7, 11) is 0. The fourth-order valence-electron chi connectivity index (χ4n) is 1.26. The van der Waals surface area contributed by atoms with Crippen molar-refractivity contribution in [2.24, 2.45) is 5.73 Å². The van der Waals surface area contributed by atoms with Crippen molar-refractivity contribution in [2.45, 2.75) is 6.54 Å². The monoisotopic (exact) mass is 263 g/mol. The molecule has 1 aromatic carbocycles. The summed E-state index contributed by atoms with van der Waals surface area (Å²) in [6.45, 7) is 0.414. The highest BCUT2D eigenvalue weighted by atomic mass is 79.9. The molecule has 0 fully saturated rings. The summed E-state index contributed by atoms with van der Waals surface area (Å²) in [5.41, 5.74) is 8.21. The van der Waals surface area contributed by atoms with Crippen molar-refractivity contribution in [3.63, 3.8) is 0 Å². The Hall–Kier alpha value is -1.26. The maximum absolute atomic E-state index is 5.51. The van der Waals surface area contributed by atoms with Crippen LogP contribution >= 0.6 is 15.9 Å². The molecule has 2 aromatic rings. The molecule has 0 bridgehead atoms. The second-order valence-electron chi connectivity index (χ2n) is 3.11. The molecule has 1 aromatic heterocycles. The van der Waals surface area contributed by atoms with Crippen LogP contribution in [0.3, 0.4) is 0 Å². The highest BCUT2D eigenvalue weighted by Gasteiger charge is 2.00. The summed E-state index contributed by atoms with van der Waals surface area (Å²) in [5.74, 6) is 0. The fourth-order valence-corrected chi connectivity index (χ4v) is 1.53. The van der Waals surface area contributed by atoms with Crippen LogP contribution in [0.15, 0.2) is 41.1 Å². The molecule has 76 valence electrons. The lowest BCUT2D eigenvalue weighted by Crippen LogP contribution is -2.01. The van der Waals surface area contributed by atoms with Crippen LogP contribution in [0.5, 0.6) is 0 Å². The lowest BCUT2D eigenvalue weighted by atomic mass is 10.2.